The standard InChI is InChI=1S/C16H23NOS/c1-3-4-13-7-9-16(11-17,10-8-13)15(18)14-6-5-12(2)19-14/h5-6,13,15,18H,3-4,7-10H2,1-2H3. The third-order valence-corrected chi connectivity index (χ3v) is 5.52. The van der Waals surface area contributed by atoms with Crippen LogP contribution in [0.1, 0.15) is 61.3 Å². The Balaban J connectivity index is 2.10. The van der Waals surface area contributed by atoms with Gasteiger partial charge < -0.3 is 5.11 Å². The highest BCUT2D eigenvalue weighted by molar-refractivity contribution is 7.12. The highest BCUT2D eigenvalue weighted by Crippen LogP contribution is 2.49. The van der Waals surface area contributed by atoms with Gasteiger partial charge in [0.05, 0.1) is 11.5 Å². The first-order valence-electron chi connectivity index (χ1n) is 7.27. The summed E-state index contributed by atoms with van der Waals surface area (Å²) in [6, 6.07) is 6.44. The molecule has 1 unspecified atom stereocenters. The lowest BCUT2D eigenvalue weighted by Gasteiger charge is -2.37. The summed E-state index contributed by atoms with van der Waals surface area (Å²) >= 11 is 1.61. The van der Waals surface area contributed by atoms with Gasteiger partial charge in [-0.05, 0) is 50.7 Å². The number of nitriles is 1. The van der Waals surface area contributed by atoms with E-state index in [-0.39, 0.29) is 0 Å². The van der Waals surface area contributed by atoms with Crippen LogP contribution in [0.25, 0.3) is 0 Å². The molecule has 1 saturated carbocycles. The Morgan fingerprint density at radius 3 is 2.63 bits per heavy atom. The molecule has 1 heterocycles. The van der Waals surface area contributed by atoms with Crippen LogP contribution in [0, 0.1) is 29.6 Å². The molecule has 1 fully saturated rings. The van der Waals surface area contributed by atoms with E-state index in [0.29, 0.717) is 0 Å². The average Bonchev–Trinajstić information content (AvgIpc) is 2.86. The first kappa shape index (κ1) is 14.6. The van der Waals surface area contributed by atoms with E-state index >= 15 is 0 Å². The summed E-state index contributed by atoms with van der Waals surface area (Å²) in [6.07, 6.45) is 5.72. The van der Waals surface area contributed by atoms with Crippen LogP contribution < -0.4 is 0 Å². The molecule has 1 aromatic heterocycles. The minimum Gasteiger partial charge on any atom is -0.386 e. The van der Waals surface area contributed by atoms with Crippen molar-refractivity contribution < 1.29 is 5.11 Å². The Bertz CT molecular complexity index is 452. The Labute approximate surface area is 120 Å². The smallest absolute Gasteiger partial charge is 0.107 e. The van der Waals surface area contributed by atoms with Crippen molar-refractivity contribution in [3.63, 3.8) is 0 Å². The molecule has 1 atom stereocenters. The topological polar surface area (TPSA) is 44.0 Å². The zero-order chi connectivity index (χ0) is 13.9. The molecule has 0 spiro atoms. The zero-order valence-electron chi connectivity index (χ0n) is 11.9. The van der Waals surface area contributed by atoms with E-state index in [9.17, 15) is 10.4 Å². The van der Waals surface area contributed by atoms with Gasteiger partial charge >= 0.3 is 0 Å². The van der Waals surface area contributed by atoms with Crippen LogP contribution in [-0.2, 0) is 0 Å². The van der Waals surface area contributed by atoms with Gasteiger partial charge in [-0.3, -0.25) is 0 Å². The van der Waals surface area contributed by atoms with Crippen LogP contribution in [0.5, 0.6) is 0 Å². The molecule has 1 aliphatic rings. The number of nitrogens with zero attached hydrogens (tertiary/aromatic N) is 1. The average molecular weight is 277 g/mol. The molecule has 0 radical (unpaired) electrons. The molecule has 104 valence electrons. The number of rotatable bonds is 4. The van der Waals surface area contributed by atoms with Crippen molar-refractivity contribution in [3.05, 3.63) is 21.9 Å². The lowest BCUT2D eigenvalue weighted by molar-refractivity contribution is 0.0261. The monoisotopic (exact) mass is 277 g/mol. The van der Waals surface area contributed by atoms with Crippen molar-refractivity contribution in [1.29, 1.82) is 5.26 Å². The number of aryl methyl sites for hydroxylation is 1. The van der Waals surface area contributed by atoms with Gasteiger partial charge in [0.25, 0.3) is 0 Å². The van der Waals surface area contributed by atoms with E-state index < -0.39 is 11.5 Å². The molecule has 0 amide bonds. The van der Waals surface area contributed by atoms with Gasteiger partial charge in [0.1, 0.15) is 6.10 Å². The van der Waals surface area contributed by atoms with Crippen LogP contribution in [0.3, 0.4) is 0 Å². The Morgan fingerprint density at radius 1 is 1.47 bits per heavy atom. The minimum atomic E-state index is -0.612. The van der Waals surface area contributed by atoms with E-state index in [1.807, 2.05) is 19.1 Å². The quantitative estimate of drug-likeness (QED) is 0.874. The second-order valence-corrected chi connectivity index (χ2v) is 7.17. The van der Waals surface area contributed by atoms with Crippen molar-refractivity contribution in [2.75, 3.05) is 0 Å². The molecule has 1 N–H and O–H groups in total. The first-order chi connectivity index (χ1) is 9.11. The largest absolute Gasteiger partial charge is 0.386 e. The highest BCUT2D eigenvalue weighted by Gasteiger charge is 2.42. The fourth-order valence-corrected chi connectivity index (χ4v) is 4.19. The van der Waals surface area contributed by atoms with Crippen molar-refractivity contribution in [1.82, 2.24) is 0 Å². The molecule has 0 saturated heterocycles. The van der Waals surface area contributed by atoms with Crippen molar-refractivity contribution in [3.8, 4) is 6.07 Å². The molecule has 2 rings (SSSR count). The summed E-state index contributed by atoms with van der Waals surface area (Å²) in [6.45, 7) is 4.26. The summed E-state index contributed by atoms with van der Waals surface area (Å²) in [4.78, 5) is 2.15. The predicted octanol–water partition coefficient (Wildman–Crippen LogP) is 4.59. The summed E-state index contributed by atoms with van der Waals surface area (Å²) in [5.41, 5.74) is -0.554. The van der Waals surface area contributed by atoms with Gasteiger partial charge in [0, 0.05) is 9.75 Å². The molecule has 2 nitrogen and oxygen atoms in total. The number of hydrogen-bond donors (Lipinski definition) is 1. The van der Waals surface area contributed by atoms with E-state index in [0.717, 1.165) is 36.5 Å². The van der Waals surface area contributed by atoms with Crippen LogP contribution in [0.2, 0.25) is 0 Å². The third kappa shape index (κ3) is 3.01. The van der Waals surface area contributed by atoms with Gasteiger partial charge in [-0.1, -0.05) is 19.8 Å². The maximum atomic E-state index is 10.6. The molecular formula is C16H23NOS. The predicted molar refractivity (Wildman–Crippen MR) is 78.9 cm³/mol. The summed E-state index contributed by atoms with van der Waals surface area (Å²) in [5, 5.41) is 20.2. The van der Waals surface area contributed by atoms with E-state index in [2.05, 4.69) is 13.0 Å². The van der Waals surface area contributed by atoms with Gasteiger partial charge in [0.2, 0.25) is 0 Å². The van der Waals surface area contributed by atoms with E-state index in [1.54, 1.807) is 11.3 Å². The summed E-state index contributed by atoms with van der Waals surface area (Å²) in [7, 11) is 0. The molecule has 1 aliphatic carbocycles. The van der Waals surface area contributed by atoms with Crippen LogP contribution in [0.4, 0.5) is 0 Å². The number of aliphatic hydroxyl groups is 1. The van der Waals surface area contributed by atoms with Crippen molar-refractivity contribution >= 4 is 11.3 Å². The Kier molecular flexibility index (Phi) is 4.65. The number of aliphatic hydroxyl groups excluding tert-OH is 1. The van der Waals surface area contributed by atoms with Crippen molar-refractivity contribution in [2.24, 2.45) is 11.3 Å². The Morgan fingerprint density at radius 2 is 2.16 bits per heavy atom. The molecule has 0 aliphatic heterocycles. The molecular weight excluding hydrogens is 254 g/mol. The lowest BCUT2D eigenvalue weighted by Crippen LogP contribution is -2.32. The fourth-order valence-electron chi connectivity index (χ4n) is 3.21. The van der Waals surface area contributed by atoms with Gasteiger partial charge in [-0.25, -0.2) is 0 Å². The number of hydrogen-bond acceptors (Lipinski definition) is 3. The molecule has 19 heavy (non-hydrogen) atoms. The first-order valence-corrected chi connectivity index (χ1v) is 8.08. The Hall–Kier alpha value is -0.850. The van der Waals surface area contributed by atoms with Gasteiger partial charge in [-0.15, -0.1) is 11.3 Å². The fraction of sp³-hybridized carbons (Fsp3) is 0.688. The van der Waals surface area contributed by atoms with Crippen molar-refractivity contribution in [2.45, 2.75) is 58.5 Å². The molecule has 3 heteroatoms. The van der Waals surface area contributed by atoms with Gasteiger partial charge in [-0.2, -0.15) is 5.26 Å². The van der Waals surface area contributed by atoms with E-state index in [4.69, 9.17) is 0 Å². The molecule has 0 bridgehead atoms. The summed E-state index contributed by atoms with van der Waals surface area (Å²) < 4.78 is 0. The van der Waals surface area contributed by atoms with E-state index in [1.165, 1.54) is 17.7 Å². The lowest BCUT2D eigenvalue weighted by atomic mass is 9.67. The van der Waals surface area contributed by atoms with Crippen LogP contribution >= 0.6 is 11.3 Å². The van der Waals surface area contributed by atoms with Crippen LogP contribution in [0.15, 0.2) is 12.1 Å². The maximum Gasteiger partial charge on any atom is 0.107 e. The van der Waals surface area contributed by atoms with Crippen LogP contribution in [-0.4, -0.2) is 5.11 Å². The third-order valence-electron chi connectivity index (χ3n) is 4.47. The second kappa shape index (κ2) is 6.07. The molecule has 1 aromatic rings. The number of thiophene rings is 1. The maximum absolute atomic E-state index is 10.6. The zero-order valence-corrected chi connectivity index (χ0v) is 12.7. The second-order valence-electron chi connectivity index (χ2n) is 5.85. The summed E-state index contributed by atoms with van der Waals surface area (Å²) in [5.74, 6) is 0.753. The normalized spacial score (nSPS) is 28.8. The highest BCUT2D eigenvalue weighted by atomic mass is 32.1. The van der Waals surface area contributed by atoms with Gasteiger partial charge in [0.15, 0.2) is 0 Å². The molecule has 0 aromatic carbocycles. The SMILES string of the molecule is CCCC1CCC(C#N)(C(O)c2ccc(C)s2)CC1. The minimum absolute atomic E-state index is 0.554.